The molecule has 84 valence electrons. The van der Waals surface area contributed by atoms with Gasteiger partial charge in [-0.3, -0.25) is 0 Å². The number of hydrogen-bond acceptors (Lipinski definition) is 2. The van der Waals surface area contributed by atoms with Crippen molar-refractivity contribution < 1.29 is 52.0 Å². The number of hydrogen-bond donors (Lipinski definition) is 0. The van der Waals surface area contributed by atoms with Gasteiger partial charge in [-0.15, -0.1) is 0 Å². The maximum absolute atomic E-state index is 11.3. The van der Waals surface area contributed by atoms with Crippen LogP contribution in [0, 0.1) is 0 Å². The molecule has 0 aliphatic heterocycles. The predicted molar refractivity (Wildman–Crippen MR) is 24.0 cm³/mol. The van der Waals surface area contributed by atoms with Crippen molar-refractivity contribution in [1.82, 2.24) is 0 Å². The molecule has 0 saturated carbocycles. The molecule has 0 aliphatic rings. The van der Waals surface area contributed by atoms with Crippen LogP contribution < -0.4 is 0 Å². The summed E-state index contributed by atoms with van der Waals surface area (Å²) >= 11 is -1.45. The Balaban J connectivity index is 3.28. The molecule has 0 aromatic heterocycles. The Hall–Kier alpha value is 0.162. The van der Waals surface area contributed by atoms with Gasteiger partial charge in [-0.05, 0) is 0 Å². The zero-order valence-corrected chi connectivity index (χ0v) is 7.37. The average Bonchev–Trinajstić information content (AvgIpc) is 1.81. The Morgan fingerprint density at radius 2 is 1.08 bits per heavy atom. The fourth-order valence-corrected chi connectivity index (χ4v) is 0.989. The zero-order valence-electron chi connectivity index (χ0n) is 5.81. The minimum absolute atomic E-state index is 1.45. The van der Waals surface area contributed by atoms with E-state index in [9.17, 15) is 26.3 Å². The predicted octanol–water partition coefficient (Wildman–Crippen LogP) is 2.06. The van der Waals surface area contributed by atoms with Crippen molar-refractivity contribution in [3.05, 3.63) is 0 Å². The van der Waals surface area contributed by atoms with Crippen molar-refractivity contribution in [3.63, 3.8) is 0 Å². The van der Waals surface area contributed by atoms with E-state index in [0.717, 1.165) is 0 Å². The van der Waals surface area contributed by atoms with Gasteiger partial charge in [0.2, 0.25) is 0 Å². The zero-order chi connectivity index (χ0) is 10.5. The molecule has 0 unspecified atom stereocenters. The van der Waals surface area contributed by atoms with E-state index in [1.807, 2.05) is 0 Å². The van der Waals surface area contributed by atoms with Crippen LogP contribution in [0.1, 0.15) is 0 Å². The van der Waals surface area contributed by atoms with Crippen LogP contribution in [0.15, 0.2) is 0 Å². The van der Waals surface area contributed by atoms with Gasteiger partial charge in [0, 0.05) is 0 Å². The first-order valence-corrected chi connectivity index (χ1v) is 3.95. The molecule has 0 rings (SSSR count). The van der Waals surface area contributed by atoms with E-state index in [2.05, 4.69) is 6.92 Å². The monoisotopic (exact) mass is 304 g/mol. The van der Waals surface area contributed by atoms with Crippen LogP contribution in [0.4, 0.5) is 26.3 Å². The second-order valence-electron chi connectivity index (χ2n) is 1.75. The van der Waals surface area contributed by atoms with Gasteiger partial charge in [-0.25, -0.2) is 0 Å². The quantitative estimate of drug-likeness (QED) is 0.450. The molecular formula is C4H4F6O2Pd. The molecule has 0 N–H and O–H groups in total. The Bertz CT molecular complexity index is 127. The summed E-state index contributed by atoms with van der Waals surface area (Å²) < 4.78 is 75.5. The first-order chi connectivity index (χ1) is 5.71. The minimum atomic E-state index is -4.54. The molecular weight excluding hydrogens is 300 g/mol. The van der Waals surface area contributed by atoms with Gasteiger partial charge in [-0.2, -0.15) is 0 Å². The van der Waals surface area contributed by atoms with Crippen molar-refractivity contribution in [1.29, 1.82) is 0 Å². The topological polar surface area (TPSA) is 18.5 Å². The number of halogens is 6. The summed E-state index contributed by atoms with van der Waals surface area (Å²) in [6.07, 6.45) is -9.08. The third kappa shape index (κ3) is 12.2. The molecule has 0 spiro atoms. The molecule has 0 aliphatic carbocycles. The normalized spacial score (nSPS) is 13.7. The van der Waals surface area contributed by atoms with Gasteiger partial charge in [0.15, 0.2) is 0 Å². The first-order valence-electron chi connectivity index (χ1n) is 2.68. The van der Waals surface area contributed by atoms with Gasteiger partial charge >= 0.3 is 77.6 Å². The number of alkyl halides is 6. The van der Waals surface area contributed by atoms with Crippen molar-refractivity contribution >= 4 is 0 Å². The molecule has 0 heterocycles. The molecule has 0 radical (unpaired) electrons. The first kappa shape index (κ1) is 13.2. The van der Waals surface area contributed by atoms with Gasteiger partial charge in [0.05, 0.1) is 0 Å². The van der Waals surface area contributed by atoms with Gasteiger partial charge in [0.25, 0.3) is 0 Å². The molecule has 0 fully saturated rings. The second kappa shape index (κ2) is 5.14. The summed E-state index contributed by atoms with van der Waals surface area (Å²) in [4.78, 5) is 0. The standard InChI is InChI=1S/2C2H2F3O.Pd/c2*3-2(4,5)1-6;/h2*1H2;/q2*-1;+2. The Labute approximate surface area is 78.2 Å². The van der Waals surface area contributed by atoms with E-state index >= 15 is 0 Å². The SMILES string of the molecule is FC(F)(F)C[O][Pd][O]CC(F)(F)F. The van der Waals surface area contributed by atoms with Crippen LogP contribution >= 0.6 is 0 Å². The van der Waals surface area contributed by atoms with Crippen LogP contribution in [-0.2, 0) is 25.6 Å². The third-order valence-corrected chi connectivity index (χ3v) is 1.31. The van der Waals surface area contributed by atoms with E-state index in [1.165, 1.54) is 0 Å². The fraction of sp³-hybridized carbons (Fsp3) is 1.00. The van der Waals surface area contributed by atoms with E-state index in [1.54, 1.807) is 0 Å². The van der Waals surface area contributed by atoms with Gasteiger partial charge in [0.1, 0.15) is 0 Å². The maximum atomic E-state index is 11.3. The Morgan fingerprint density at radius 3 is 1.31 bits per heavy atom. The molecule has 13 heavy (non-hydrogen) atoms. The van der Waals surface area contributed by atoms with Crippen LogP contribution in [0.25, 0.3) is 0 Å². The summed E-state index contributed by atoms with van der Waals surface area (Å²) in [5, 5.41) is 0. The van der Waals surface area contributed by atoms with Crippen LogP contribution in [-0.4, -0.2) is 25.6 Å². The van der Waals surface area contributed by atoms with Crippen LogP contribution in [0.2, 0.25) is 0 Å². The second-order valence-corrected chi connectivity index (χ2v) is 2.91. The summed E-state index contributed by atoms with van der Waals surface area (Å²) in [5.41, 5.74) is 0. The van der Waals surface area contributed by atoms with E-state index in [4.69, 9.17) is 0 Å². The van der Waals surface area contributed by atoms with Crippen molar-refractivity contribution in [2.75, 3.05) is 13.2 Å². The number of rotatable bonds is 4. The Kier molecular flexibility index (Phi) is 5.21. The average molecular weight is 304 g/mol. The molecule has 9 heteroatoms. The van der Waals surface area contributed by atoms with Crippen LogP contribution in [0.3, 0.4) is 0 Å². The van der Waals surface area contributed by atoms with Crippen molar-refractivity contribution in [2.45, 2.75) is 12.4 Å². The molecule has 0 saturated heterocycles. The molecule has 0 atom stereocenters. The summed E-state index contributed by atoms with van der Waals surface area (Å²) in [6.45, 7) is -3.20. The summed E-state index contributed by atoms with van der Waals surface area (Å²) in [7, 11) is 0. The van der Waals surface area contributed by atoms with Crippen LogP contribution in [0.5, 0.6) is 0 Å². The molecule has 0 aromatic carbocycles. The van der Waals surface area contributed by atoms with E-state index in [0.29, 0.717) is 0 Å². The molecule has 0 aromatic rings. The van der Waals surface area contributed by atoms with Gasteiger partial charge < -0.3 is 0 Å². The molecule has 0 bridgehead atoms. The van der Waals surface area contributed by atoms with E-state index < -0.39 is 44.3 Å². The summed E-state index contributed by atoms with van der Waals surface area (Å²) in [5.74, 6) is 0. The molecule has 2 nitrogen and oxygen atoms in total. The fourth-order valence-electron chi connectivity index (χ4n) is 0.167. The van der Waals surface area contributed by atoms with Crippen molar-refractivity contribution in [3.8, 4) is 0 Å². The van der Waals surface area contributed by atoms with E-state index in [-0.39, 0.29) is 0 Å². The third-order valence-electron chi connectivity index (χ3n) is 0.493. The van der Waals surface area contributed by atoms with Crippen molar-refractivity contribution in [2.24, 2.45) is 0 Å². The van der Waals surface area contributed by atoms with Gasteiger partial charge in [-0.1, -0.05) is 0 Å². The summed E-state index contributed by atoms with van der Waals surface area (Å²) in [6, 6.07) is 0. The molecule has 0 amide bonds. The Morgan fingerprint density at radius 1 is 0.769 bits per heavy atom.